The van der Waals surface area contributed by atoms with Crippen molar-refractivity contribution in [2.24, 2.45) is 7.05 Å². The first kappa shape index (κ1) is 10.1. The first-order chi connectivity index (χ1) is 5.84. The minimum atomic E-state index is -4.30. The first-order valence-electron chi connectivity index (χ1n) is 3.93. The molecule has 0 aromatic carbocycles. The third kappa shape index (κ3) is 1.84. The van der Waals surface area contributed by atoms with Crippen molar-refractivity contribution in [3.05, 3.63) is 17.5 Å². The molecule has 0 saturated carbocycles. The van der Waals surface area contributed by atoms with Crippen LogP contribution in [0.15, 0.2) is 6.20 Å². The van der Waals surface area contributed by atoms with Gasteiger partial charge in [-0.3, -0.25) is 4.68 Å². The highest BCUT2D eigenvalue weighted by Crippen LogP contribution is 2.34. The van der Waals surface area contributed by atoms with E-state index < -0.39 is 11.7 Å². The molecule has 0 aliphatic rings. The van der Waals surface area contributed by atoms with E-state index in [4.69, 9.17) is 0 Å². The van der Waals surface area contributed by atoms with Gasteiger partial charge >= 0.3 is 6.18 Å². The third-order valence-electron chi connectivity index (χ3n) is 1.84. The topological polar surface area (TPSA) is 17.8 Å². The molecule has 0 atom stereocenters. The van der Waals surface area contributed by atoms with Gasteiger partial charge in [-0.2, -0.15) is 18.3 Å². The van der Waals surface area contributed by atoms with Crippen LogP contribution in [0.5, 0.6) is 0 Å². The largest absolute Gasteiger partial charge is 0.419 e. The molecule has 0 aliphatic carbocycles. The highest BCUT2D eigenvalue weighted by Gasteiger charge is 2.36. The number of halogens is 3. The normalized spacial score (nSPS) is 12.5. The zero-order valence-corrected chi connectivity index (χ0v) is 7.68. The van der Waals surface area contributed by atoms with E-state index in [0.717, 1.165) is 6.20 Å². The number of rotatable bonds is 1. The van der Waals surface area contributed by atoms with E-state index in [1.54, 1.807) is 13.8 Å². The molecule has 13 heavy (non-hydrogen) atoms. The van der Waals surface area contributed by atoms with E-state index >= 15 is 0 Å². The standard InChI is InChI=1S/C8H11F3N2/c1-5(2)7-6(8(9,10)11)4-12-13(7)3/h4-5H,1-3H3. The van der Waals surface area contributed by atoms with E-state index in [2.05, 4.69) is 5.10 Å². The molecule has 1 rings (SSSR count). The van der Waals surface area contributed by atoms with Gasteiger partial charge < -0.3 is 0 Å². The van der Waals surface area contributed by atoms with Crippen molar-refractivity contribution in [3.8, 4) is 0 Å². The minimum Gasteiger partial charge on any atom is -0.272 e. The second-order valence-corrected chi connectivity index (χ2v) is 3.22. The lowest BCUT2D eigenvalue weighted by molar-refractivity contribution is -0.138. The van der Waals surface area contributed by atoms with Crippen LogP contribution in [0, 0.1) is 0 Å². The van der Waals surface area contributed by atoms with E-state index in [1.807, 2.05) is 0 Å². The predicted octanol–water partition coefficient (Wildman–Crippen LogP) is 2.56. The smallest absolute Gasteiger partial charge is 0.272 e. The van der Waals surface area contributed by atoms with Crippen LogP contribution >= 0.6 is 0 Å². The molecule has 0 fully saturated rings. The summed E-state index contributed by atoms with van der Waals surface area (Å²) in [5.41, 5.74) is -0.405. The number of aromatic nitrogens is 2. The lowest BCUT2D eigenvalue weighted by Gasteiger charge is -2.11. The Hall–Kier alpha value is -1.00. The molecule has 0 amide bonds. The van der Waals surface area contributed by atoms with Crippen LogP contribution in [-0.4, -0.2) is 9.78 Å². The van der Waals surface area contributed by atoms with Crippen molar-refractivity contribution in [2.45, 2.75) is 25.9 Å². The molecule has 1 aromatic heterocycles. The molecule has 0 saturated heterocycles. The minimum absolute atomic E-state index is 0.177. The summed E-state index contributed by atoms with van der Waals surface area (Å²) in [6, 6.07) is 0. The Kier molecular flexibility index (Phi) is 2.36. The van der Waals surface area contributed by atoms with Crippen LogP contribution in [0.25, 0.3) is 0 Å². The average Bonchev–Trinajstić information content (AvgIpc) is 2.28. The second-order valence-electron chi connectivity index (χ2n) is 3.22. The second kappa shape index (κ2) is 3.05. The first-order valence-corrected chi connectivity index (χ1v) is 3.93. The maximum absolute atomic E-state index is 12.4. The van der Waals surface area contributed by atoms with Crippen LogP contribution in [0.1, 0.15) is 31.0 Å². The van der Waals surface area contributed by atoms with Crippen molar-refractivity contribution in [2.75, 3.05) is 0 Å². The maximum Gasteiger partial charge on any atom is 0.419 e. The summed E-state index contributed by atoms with van der Waals surface area (Å²) in [6.45, 7) is 3.43. The van der Waals surface area contributed by atoms with Crippen molar-refractivity contribution in [3.63, 3.8) is 0 Å². The zero-order chi connectivity index (χ0) is 10.2. The molecule has 0 unspecified atom stereocenters. The average molecular weight is 192 g/mol. The summed E-state index contributed by atoms with van der Waals surface area (Å²) in [5, 5.41) is 3.60. The quantitative estimate of drug-likeness (QED) is 0.668. The molecule has 1 heterocycles. The van der Waals surface area contributed by atoms with Crippen LogP contribution in [0.4, 0.5) is 13.2 Å². The fraction of sp³-hybridized carbons (Fsp3) is 0.625. The van der Waals surface area contributed by atoms with Gasteiger partial charge in [-0.15, -0.1) is 0 Å². The number of aryl methyl sites for hydroxylation is 1. The van der Waals surface area contributed by atoms with Gasteiger partial charge in [0, 0.05) is 7.05 Å². The van der Waals surface area contributed by atoms with Gasteiger partial charge in [0.2, 0.25) is 0 Å². The number of hydrogen-bond acceptors (Lipinski definition) is 1. The molecule has 0 N–H and O–H groups in total. The molecule has 1 aromatic rings. The van der Waals surface area contributed by atoms with E-state index in [0.29, 0.717) is 0 Å². The van der Waals surface area contributed by atoms with Gasteiger partial charge in [-0.1, -0.05) is 13.8 Å². The predicted molar refractivity (Wildman–Crippen MR) is 42.3 cm³/mol. The van der Waals surface area contributed by atoms with Crippen LogP contribution < -0.4 is 0 Å². The fourth-order valence-electron chi connectivity index (χ4n) is 1.35. The summed E-state index contributed by atoms with van der Waals surface area (Å²) in [5.74, 6) is -0.177. The van der Waals surface area contributed by atoms with E-state index in [9.17, 15) is 13.2 Å². The van der Waals surface area contributed by atoms with E-state index in [1.165, 1.54) is 11.7 Å². The highest BCUT2D eigenvalue weighted by molar-refractivity contribution is 5.23. The van der Waals surface area contributed by atoms with Crippen molar-refractivity contribution in [1.82, 2.24) is 9.78 Å². The van der Waals surface area contributed by atoms with Gasteiger partial charge in [-0.25, -0.2) is 0 Å². The summed E-state index contributed by atoms with van der Waals surface area (Å²) in [6.07, 6.45) is -3.43. The van der Waals surface area contributed by atoms with Crippen molar-refractivity contribution >= 4 is 0 Å². The molecule has 0 radical (unpaired) electrons. The van der Waals surface area contributed by atoms with Gasteiger partial charge in [0.05, 0.1) is 17.5 Å². The molecular formula is C8H11F3N2. The molecular weight excluding hydrogens is 181 g/mol. The Bertz CT molecular complexity index is 299. The van der Waals surface area contributed by atoms with Crippen LogP contribution in [-0.2, 0) is 13.2 Å². The van der Waals surface area contributed by atoms with Gasteiger partial charge in [0.25, 0.3) is 0 Å². The lowest BCUT2D eigenvalue weighted by Crippen LogP contribution is -2.10. The fourth-order valence-corrected chi connectivity index (χ4v) is 1.35. The summed E-state index contributed by atoms with van der Waals surface area (Å²) >= 11 is 0. The SMILES string of the molecule is CC(C)c1c(C(F)(F)F)cnn1C. The van der Waals surface area contributed by atoms with Crippen LogP contribution in [0.2, 0.25) is 0 Å². The van der Waals surface area contributed by atoms with Crippen molar-refractivity contribution < 1.29 is 13.2 Å². The van der Waals surface area contributed by atoms with Crippen LogP contribution in [0.3, 0.4) is 0 Å². The maximum atomic E-state index is 12.4. The van der Waals surface area contributed by atoms with Crippen molar-refractivity contribution in [1.29, 1.82) is 0 Å². The Balaban J connectivity index is 3.23. The summed E-state index contributed by atoms with van der Waals surface area (Å²) in [4.78, 5) is 0. The van der Waals surface area contributed by atoms with Gasteiger partial charge in [0.15, 0.2) is 0 Å². The number of hydrogen-bond donors (Lipinski definition) is 0. The van der Waals surface area contributed by atoms with Gasteiger partial charge in [0.1, 0.15) is 0 Å². The summed E-state index contributed by atoms with van der Waals surface area (Å²) in [7, 11) is 1.52. The Labute approximate surface area is 74.4 Å². The Morgan fingerprint density at radius 3 is 2.23 bits per heavy atom. The van der Waals surface area contributed by atoms with E-state index in [-0.39, 0.29) is 11.6 Å². The zero-order valence-electron chi connectivity index (χ0n) is 7.68. The van der Waals surface area contributed by atoms with Gasteiger partial charge in [-0.05, 0) is 5.92 Å². The Morgan fingerprint density at radius 1 is 1.38 bits per heavy atom. The lowest BCUT2D eigenvalue weighted by atomic mass is 10.1. The third-order valence-corrected chi connectivity index (χ3v) is 1.84. The monoisotopic (exact) mass is 192 g/mol. The molecule has 74 valence electrons. The number of alkyl halides is 3. The molecule has 2 nitrogen and oxygen atoms in total. The molecule has 0 bridgehead atoms. The highest BCUT2D eigenvalue weighted by atomic mass is 19.4. The number of nitrogens with zero attached hydrogens (tertiary/aromatic N) is 2. The molecule has 0 aliphatic heterocycles. The molecule has 0 spiro atoms. The summed E-state index contributed by atoms with van der Waals surface area (Å²) < 4.78 is 38.4. The molecule has 5 heteroatoms. The Morgan fingerprint density at radius 2 is 1.92 bits per heavy atom.